The highest BCUT2D eigenvalue weighted by Crippen LogP contribution is 2.29. The van der Waals surface area contributed by atoms with Gasteiger partial charge in [-0.3, -0.25) is 0 Å². The molecule has 0 amide bonds. The van der Waals surface area contributed by atoms with Gasteiger partial charge in [0.1, 0.15) is 0 Å². The van der Waals surface area contributed by atoms with E-state index in [1.165, 1.54) is 0 Å². The van der Waals surface area contributed by atoms with Gasteiger partial charge in [0.2, 0.25) is 0 Å². The van der Waals surface area contributed by atoms with Crippen LogP contribution in [-0.2, 0) is 6.54 Å². The molecular formula is C7H6F2IN3O2. The van der Waals surface area contributed by atoms with E-state index < -0.39 is 17.2 Å². The van der Waals surface area contributed by atoms with E-state index in [1.54, 1.807) is 22.6 Å². The number of halogens is 3. The minimum Gasteiger partial charge on any atom is -0.358 e. The van der Waals surface area contributed by atoms with E-state index in [4.69, 9.17) is 5.73 Å². The van der Waals surface area contributed by atoms with Gasteiger partial charge < -0.3 is 15.8 Å². The number of nitro groups is 1. The molecule has 0 spiro atoms. The molecule has 0 aliphatic rings. The monoisotopic (exact) mass is 329 g/mol. The van der Waals surface area contributed by atoms with E-state index in [9.17, 15) is 18.9 Å². The minimum absolute atomic E-state index is 0.102. The van der Waals surface area contributed by atoms with Gasteiger partial charge in [-0.2, -0.15) is 0 Å². The summed E-state index contributed by atoms with van der Waals surface area (Å²) in [6, 6.07) is 1.00. The quantitative estimate of drug-likeness (QED) is 0.522. The Morgan fingerprint density at radius 2 is 2.27 bits per heavy atom. The van der Waals surface area contributed by atoms with Crippen LogP contribution in [0.15, 0.2) is 6.07 Å². The van der Waals surface area contributed by atoms with Crippen LogP contribution >= 0.6 is 22.6 Å². The normalized spacial score (nSPS) is 10.7. The number of aromatic nitrogens is 1. The van der Waals surface area contributed by atoms with Crippen LogP contribution in [0.5, 0.6) is 0 Å². The fourth-order valence-electron chi connectivity index (χ4n) is 1.04. The standard InChI is InChI=1S/C7H6F2IN3O2/c8-7(9)6-3(10)1-5(13(14)15)12-4(6)2-11/h1,7H,2,11H2. The molecule has 1 rings (SSSR count). The van der Waals surface area contributed by atoms with Gasteiger partial charge in [-0.15, -0.1) is 0 Å². The van der Waals surface area contributed by atoms with Crippen LogP contribution in [0.2, 0.25) is 0 Å². The summed E-state index contributed by atoms with van der Waals surface area (Å²) < 4.78 is 25.2. The van der Waals surface area contributed by atoms with Gasteiger partial charge in [-0.25, -0.2) is 8.78 Å². The molecule has 0 aliphatic carbocycles. The summed E-state index contributed by atoms with van der Waals surface area (Å²) in [5.41, 5.74) is 4.74. The van der Waals surface area contributed by atoms with Crippen LogP contribution in [0.25, 0.3) is 0 Å². The van der Waals surface area contributed by atoms with E-state index in [0.717, 1.165) is 6.07 Å². The second kappa shape index (κ2) is 4.75. The Balaban J connectivity index is 3.37. The Labute approximate surface area is 97.0 Å². The van der Waals surface area contributed by atoms with Gasteiger partial charge in [-0.1, -0.05) is 0 Å². The molecule has 0 aromatic carbocycles. The highest BCUT2D eigenvalue weighted by Gasteiger charge is 2.24. The van der Waals surface area contributed by atoms with Crippen LogP contribution < -0.4 is 5.73 Å². The van der Waals surface area contributed by atoms with Gasteiger partial charge in [0.05, 0.1) is 12.1 Å². The second-order valence-electron chi connectivity index (χ2n) is 2.58. The summed E-state index contributed by atoms with van der Waals surface area (Å²) in [6.45, 7) is -0.253. The third-order valence-corrected chi connectivity index (χ3v) is 2.56. The predicted molar refractivity (Wildman–Crippen MR) is 56.5 cm³/mol. The van der Waals surface area contributed by atoms with Gasteiger partial charge in [-0.05, 0) is 32.5 Å². The van der Waals surface area contributed by atoms with Crippen molar-refractivity contribution in [3.63, 3.8) is 0 Å². The van der Waals surface area contributed by atoms with E-state index in [1.807, 2.05) is 0 Å². The van der Waals surface area contributed by atoms with E-state index in [2.05, 4.69) is 4.98 Å². The SMILES string of the molecule is NCc1nc([N+](=O)[O-])cc(I)c1C(F)F. The number of hydrogen-bond donors (Lipinski definition) is 1. The van der Waals surface area contributed by atoms with Crippen LogP contribution in [0.4, 0.5) is 14.6 Å². The lowest BCUT2D eigenvalue weighted by atomic mass is 10.2. The maximum Gasteiger partial charge on any atom is 0.364 e. The second-order valence-corrected chi connectivity index (χ2v) is 3.75. The van der Waals surface area contributed by atoms with Crippen molar-refractivity contribution in [3.05, 3.63) is 31.0 Å². The topological polar surface area (TPSA) is 82.0 Å². The fourth-order valence-corrected chi connectivity index (χ4v) is 1.86. The van der Waals surface area contributed by atoms with Crippen molar-refractivity contribution in [2.24, 2.45) is 5.73 Å². The van der Waals surface area contributed by atoms with Crippen molar-refractivity contribution < 1.29 is 13.7 Å². The van der Waals surface area contributed by atoms with Gasteiger partial charge >= 0.3 is 5.82 Å². The lowest BCUT2D eigenvalue weighted by Crippen LogP contribution is -2.09. The number of rotatable bonds is 3. The molecule has 1 heterocycles. The molecule has 82 valence electrons. The van der Waals surface area contributed by atoms with Gasteiger partial charge in [0, 0.05) is 9.64 Å². The molecule has 8 heteroatoms. The molecule has 15 heavy (non-hydrogen) atoms. The molecule has 0 saturated carbocycles. The summed E-state index contributed by atoms with van der Waals surface area (Å²) in [5, 5.41) is 10.4. The van der Waals surface area contributed by atoms with Gasteiger partial charge in [0.25, 0.3) is 6.43 Å². The maximum atomic E-state index is 12.5. The summed E-state index contributed by atoms with van der Waals surface area (Å²) >= 11 is 1.60. The summed E-state index contributed by atoms with van der Waals surface area (Å²) in [5.74, 6) is -0.468. The zero-order valence-corrected chi connectivity index (χ0v) is 9.44. The lowest BCUT2D eigenvalue weighted by Gasteiger charge is -2.05. The van der Waals surface area contributed by atoms with Crippen molar-refractivity contribution in [1.29, 1.82) is 0 Å². The number of nitrogens with two attached hydrogens (primary N) is 1. The smallest absolute Gasteiger partial charge is 0.358 e. The summed E-state index contributed by atoms with van der Waals surface area (Å²) in [6.07, 6.45) is -2.73. The number of pyridine rings is 1. The third kappa shape index (κ3) is 2.56. The van der Waals surface area contributed by atoms with Crippen LogP contribution in [0.1, 0.15) is 17.7 Å². The average molecular weight is 329 g/mol. The Kier molecular flexibility index (Phi) is 3.85. The minimum atomic E-state index is -2.73. The molecule has 0 bridgehead atoms. The van der Waals surface area contributed by atoms with Crippen molar-refractivity contribution in [3.8, 4) is 0 Å². The number of alkyl halides is 2. The molecule has 0 aliphatic heterocycles. The molecule has 2 N–H and O–H groups in total. The molecule has 0 unspecified atom stereocenters. The van der Waals surface area contributed by atoms with E-state index in [0.29, 0.717) is 0 Å². The largest absolute Gasteiger partial charge is 0.364 e. The first-order chi connectivity index (χ1) is 6.97. The van der Waals surface area contributed by atoms with Crippen molar-refractivity contribution in [2.75, 3.05) is 0 Å². The van der Waals surface area contributed by atoms with Crippen molar-refractivity contribution in [1.82, 2.24) is 4.98 Å². The third-order valence-electron chi connectivity index (χ3n) is 1.67. The van der Waals surface area contributed by atoms with Crippen LogP contribution in [0.3, 0.4) is 0 Å². The van der Waals surface area contributed by atoms with Crippen molar-refractivity contribution >= 4 is 28.4 Å². The first-order valence-corrected chi connectivity index (χ1v) is 4.87. The number of hydrogen-bond acceptors (Lipinski definition) is 4. The van der Waals surface area contributed by atoms with Gasteiger partial charge in [0.15, 0.2) is 5.69 Å². The van der Waals surface area contributed by atoms with Crippen molar-refractivity contribution in [2.45, 2.75) is 13.0 Å². The molecular weight excluding hydrogens is 323 g/mol. The molecule has 0 saturated heterocycles. The molecule has 0 fully saturated rings. The first kappa shape index (κ1) is 12.2. The van der Waals surface area contributed by atoms with Crippen LogP contribution in [0, 0.1) is 13.7 Å². The van der Waals surface area contributed by atoms with E-state index in [-0.39, 0.29) is 21.4 Å². The number of nitrogens with zero attached hydrogens (tertiary/aromatic N) is 2. The fraction of sp³-hybridized carbons (Fsp3) is 0.286. The predicted octanol–water partition coefficient (Wildman–Crippen LogP) is 1.99. The zero-order chi connectivity index (χ0) is 11.6. The maximum absolute atomic E-state index is 12.5. The van der Waals surface area contributed by atoms with Crippen LogP contribution in [-0.4, -0.2) is 9.91 Å². The molecule has 0 radical (unpaired) electrons. The highest BCUT2D eigenvalue weighted by atomic mass is 127. The Hall–Kier alpha value is -0.900. The molecule has 0 atom stereocenters. The molecule has 5 nitrogen and oxygen atoms in total. The molecule has 1 aromatic heterocycles. The zero-order valence-electron chi connectivity index (χ0n) is 7.28. The lowest BCUT2D eigenvalue weighted by molar-refractivity contribution is -0.389. The summed E-state index contributed by atoms with van der Waals surface area (Å²) in [4.78, 5) is 13.1. The highest BCUT2D eigenvalue weighted by molar-refractivity contribution is 14.1. The Morgan fingerprint density at radius 1 is 1.67 bits per heavy atom. The first-order valence-electron chi connectivity index (χ1n) is 3.79. The Morgan fingerprint density at radius 3 is 2.67 bits per heavy atom. The Bertz CT molecular complexity index is 400. The molecule has 1 aromatic rings. The average Bonchev–Trinajstić information content (AvgIpc) is 2.15. The summed E-state index contributed by atoms with van der Waals surface area (Å²) in [7, 11) is 0. The van der Waals surface area contributed by atoms with E-state index >= 15 is 0 Å².